The fraction of sp³-hybridized carbons (Fsp3) is 0.333. The van der Waals surface area contributed by atoms with E-state index in [1.165, 1.54) is 11.3 Å². The third-order valence-electron chi connectivity index (χ3n) is 3.82. The molecule has 0 amide bonds. The molecule has 1 heterocycles. The molecule has 0 fully saturated rings. The molecule has 0 aliphatic carbocycles. The van der Waals surface area contributed by atoms with Gasteiger partial charge in [-0.15, -0.1) is 0 Å². The van der Waals surface area contributed by atoms with Gasteiger partial charge in [-0.1, -0.05) is 70.2 Å². The number of hydrogen-bond donors (Lipinski definition) is 2. The van der Waals surface area contributed by atoms with E-state index in [0.29, 0.717) is 0 Å². The fourth-order valence-electron chi connectivity index (χ4n) is 2.83. The normalized spacial score (nSPS) is 15.3. The molecule has 3 nitrogen and oxygen atoms in total. The minimum atomic E-state index is 0.809. The van der Waals surface area contributed by atoms with Crippen LogP contribution in [0.3, 0.4) is 0 Å². The molecule has 0 spiro atoms. The summed E-state index contributed by atoms with van der Waals surface area (Å²) < 4.78 is 0. The van der Waals surface area contributed by atoms with Gasteiger partial charge in [-0.25, -0.2) is 0 Å². The summed E-state index contributed by atoms with van der Waals surface area (Å²) in [6.07, 6.45) is 0. The summed E-state index contributed by atoms with van der Waals surface area (Å²) in [5.74, 6) is 0. The number of rotatable bonds is 1. The van der Waals surface area contributed by atoms with Crippen molar-refractivity contribution in [2.24, 2.45) is 5.73 Å². The van der Waals surface area contributed by atoms with Crippen LogP contribution in [0.4, 0.5) is 5.69 Å². The second-order valence-electron chi connectivity index (χ2n) is 5.07. The van der Waals surface area contributed by atoms with Crippen LogP contribution in [0.2, 0.25) is 0 Å². The lowest BCUT2D eigenvalue weighted by Crippen LogP contribution is -2.24. The monoisotopic (exact) mass is 325 g/mol. The standard InChI is InChI=1S/C17H19N3.2C2H6/c1-19-17-14-9-5-6-10-15(14)20(2)11-12-7-3-4-8-13(12)16(17)18;2*1-2/h3-10,19H,11,18H2,1-2H3;2*1-2H3/b17-16-;;. The van der Waals surface area contributed by atoms with Gasteiger partial charge in [0.25, 0.3) is 0 Å². The van der Waals surface area contributed by atoms with Crippen LogP contribution in [-0.4, -0.2) is 14.1 Å². The molecule has 2 aromatic carbocycles. The first-order valence-corrected chi connectivity index (χ1v) is 8.78. The molecule has 24 heavy (non-hydrogen) atoms. The van der Waals surface area contributed by atoms with Crippen molar-refractivity contribution in [2.45, 2.75) is 34.2 Å². The largest absolute Gasteiger partial charge is 0.397 e. The molecule has 0 radical (unpaired) electrons. The summed E-state index contributed by atoms with van der Waals surface area (Å²) in [4.78, 5) is 2.26. The van der Waals surface area contributed by atoms with Crippen molar-refractivity contribution in [3.05, 3.63) is 65.2 Å². The highest BCUT2D eigenvalue weighted by atomic mass is 15.1. The maximum absolute atomic E-state index is 6.43. The summed E-state index contributed by atoms with van der Waals surface area (Å²) in [7, 11) is 4.04. The zero-order valence-electron chi connectivity index (χ0n) is 15.9. The van der Waals surface area contributed by atoms with Crippen LogP contribution < -0.4 is 16.0 Å². The number of nitrogens with two attached hydrogens (primary N) is 1. The number of fused-ring (bicyclic) bond motifs is 2. The Morgan fingerprint density at radius 2 is 1.42 bits per heavy atom. The molecular formula is C21H31N3. The molecular weight excluding hydrogens is 294 g/mol. The molecule has 3 N–H and O–H groups in total. The van der Waals surface area contributed by atoms with Crippen molar-refractivity contribution in [1.82, 2.24) is 5.32 Å². The summed E-state index contributed by atoms with van der Waals surface area (Å²) in [6.45, 7) is 8.85. The first-order valence-electron chi connectivity index (χ1n) is 8.78. The molecule has 130 valence electrons. The minimum absolute atomic E-state index is 0.809. The molecule has 1 aliphatic heterocycles. The van der Waals surface area contributed by atoms with Crippen molar-refractivity contribution in [1.29, 1.82) is 0 Å². The van der Waals surface area contributed by atoms with Crippen LogP contribution in [0.25, 0.3) is 11.4 Å². The van der Waals surface area contributed by atoms with Gasteiger partial charge in [0, 0.05) is 37.5 Å². The number of para-hydroxylation sites is 1. The number of hydrogen-bond acceptors (Lipinski definition) is 3. The van der Waals surface area contributed by atoms with Gasteiger partial charge < -0.3 is 16.0 Å². The van der Waals surface area contributed by atoms with Crippen molar-refractivity contribution in [3.63, 3.8) is 0 Å². The van der Waals surface area contributed by atoms with Crippen LogP contribution in [-0.2, 0) is 6.54 Å². The molecule has 0 atom stereocenters. The Hall–Kier alpha value is -2.42. The summed E-state index contributed by atoms with van der Waals surface area (Å²) in [5.41, 5.74) is 12.9. The third-order valence-corrected chi connectivity index (χ3v) is 3.82. The third kappa shape index (κ3) is 3.91. The van der Waals surface area contributed by atoms with Gasteiger partial charge in [0.15, 0.2) is 0 Å². The molecule has 2 aromatic rings. The van der Waals surface area contributed by atoms with E-state index < -0.39 is 0 Å². The van der Waals surface area contributed by atoms with Gasteiger partial charge in [-0.05, 0) is 11.6 Å². The Balaban J connectivity index is 0.000000671. The molecule has 0 unspecified atom stereocenters. The van der Waals surface area contributed by atoms with Crippen molar-refractivity contribution in [3.8, 4) is 0 Å². The zero-order chi connectivity index (χ0) is 18.1. The average molecular weight is 326 g/mol. The Morgan fingerprint density at radius 1 is 0.875 bits per heavy atom. The molecule has 3 heteroatoms. The van der Waals surface area contributed by atoms with E-state index in [4.69, 9.17) is 5.73 Å². The lowest BCUT2D eigenvalue weighted by Gasteiger charge is -2.28. The second-order valence-corrected chi connectivity index (χ2v) is 5.07. The Bertz CT molecular complexity index is 674. The number of nitrogens with one attached hydrogen (secondary N) is 1. The summed E-state index contributed by atoms with van der Waals surface area (Å²) in [6, 6.07) is 16.7. The van der Waals surface area contributed by atoms with Gasteiger partial charge in [-0.3, -0.25) is 0 Å². The highest BCUT2D eigenvalue weighted by Gasteiger charge is 2.19. The van der Waals surface area contributed by atoms with Crippen molar-refractivity contribution >= 4 is 17.1 Å². The van der Waals surface area contributed by atoms with Crippen molar-refractivity contribution < 1.29 is 0 Å². The van der Waals surface area contributed by atoms with Crippen LogP contribution in [0.1, 0.15) is 44.4 Å². The molecule has 0 saturated heterocycles. The van der Waals surface area contributed by atoms with E-state index in [2.05, 4.69) is 53.7 Å². The fourth-order valence-corrected chi connectivity index (χ4v) is 2.83. The van der Waals surface area contributed by atoms with Gasteiger partial charge in [0.05, 0.1) is 11.4 Å². The molecule has 1 aliphatic rings. The highest BCUT2D eigenvalue weighted by Crippen LogP contribution is 2.33. The lowest BCUT2D eigenvalue weighted by molar-refractivity contribution is 0.910. The highest BCUT2D eigenvalue weighted by molar-refractivity contribution is 5.93. The zero-order valence-corrected chi connectivity index (χ0v) is 15.9. The first-order chi connectivity index (χ1) is 11.7. The topological polar surface area (TPSA) is 41.3 Å². The van der Waals surface area contributed by atoms with Gasteiger partial charge in [0.2, 0.25) is 0 Å². The predicted octanol–water partition coefficient (Wildman–Crippen LogP) is 4.69. The van der Waals surface area contributed by atoms with Crippen LogP contribution in [0.5, 0.6) is 0 Å². The van der Waals surface area contributed by atoms with E-state index in [9.17, 15) is 0 Å². The smallest absolute Gasteiger partial charge is 0.0672 e. The average Bonchev–Trinajstić information content (AvgIpc) is 2.65. The maximum atomic E-state index is 6.43. The quantitative estimate of drug-likeness (QED) is 0.799. The first kappa shape index (κ1) is 19.6. The predicted molar refractivity (Wildman–Crippen MR) is 108 cm³/mol. The molecule has 3 rings (SSSR count). The number of anilines is 1. The number of nitrogens with zero attached hydrogens (tertiary/aromatic N) is 1. The van der Waals surface area contributed by atoms with Gasteiger partial charge in [-0.2, -0.15) is 0 Å². The van der Waals surface area contributed by atoms with Gasteiger partial charge >= 0.3 is 0 Å². The van der Waals surface area contributed by atoms with Crippen LogP contribution in [0.15, 0.2) is 48.5 Å². The van der Waals surface area contributed by atoms with Crippen LogP contribution in [0, 0.1) is 0 Å². The Kier molecular flexibility index (Phi) is 7.90. The Labute approximate surface area is 147 Å². The second kappa shape index (κ2) is 9.66. The minimum Gasteiger partial charge on any atom is -0.397 e. The maximum Gasteiger partial charge on any atom is 0.0672 e. The van der Waals surface area contributed by atoms with E-state index >= 15 is 0 Å². The molecule has 0 bridgehead atoms. The van der Waals surface area contributed by atoms with Crippen molar-refractivity contribution in [2.75, 3.05) is 19.0 Å². The molecule has 0 saturated carbocycles. The Morgan fingerprint density at radius 3 is 2.04 bits per heavy atom. The van der Waals surface area contributed by atoms with Gasteiger partial charge in [0.1, 0.15) is 0 Å². The van der Waals surface area contributed by atoms with E-state index in [-0.39, 0.29) is 0 Å². The summed E-state index contributed by atoms with van der Waals surface area (Å²) >= 11 is 0. The lowest BCUT2D eigenvalue weighted by atomic mass is 9.96. The van der Waals surface area contributed by atoms with E-state index in [1.54, 1.807) is 0 Å². The molecule has 0 aromatic heterocycles. The number of benzene rings is 2. The van der Waals surface area contributed by atoms with E-state index in [0.717, 1.165) is 29.1 Å². The van der Waals surface area contributed by atoms with Crippen LogP contribution >= 0.6 is 0 Å². The SMILES string of the molecule is CC.CC.CN/C1=C(\N)c2ccccc2CN(C)c2ccccc21. The van der Waals surface area contributed by atoms with E-state index in [1.807, 2.05) is 46.9 Å². The summed E-state index contributed by atoms with van der Waals surface area (Å²) in [5, 5.41) is 3.27.